The zero-order chi connectivity index (χ0) is 37.5. The van der Waals surface area contributed by atoms with E-state index in [-0.39, 0.29) is 0 Å². The van der Waals surface area contributed by atoms with Gasteiger partial charge in [-0.1, -0.05) is 127 Å². The maximum atomic E-state index is 6.58. The highest BCUT2D eigenvalue weighted by Crippen LogP contribution is 2.39. The van der Waals surface area contributed by atoms with Gasteiger partial charge in [0.1, 0.15) is 22.3 Å². The van der Waals surface area contributed by atoms with E-state index in [0.29, 0.717) is 17.5 Å². The number of hydrogen-bond acceptors (Lipinski definition) is 5. The van der Waals surface area contributed by atoms with Crippen LogP contribution in [0.5, 0.6) is 0 Å². The fraction of sp³-hybridized carbons (Fsp3) is 0. The Kier molecular flexibility index (Phi) is 6.83. The molecule has 57 heavy (non-hydrogen) atoms. The summed E-state index contributed by atoms with van der Waals surface area (Å²) in [4.78, 5) is 15.3. The summed E-state index contributed by atoms with van der Waals surface area (Å²) in [6, 6.07) is 62.7. The van der Waals surface area contributed by atoms with Crippen LogP contribution in [0.1, 0.15) is 0 Å². The van der Waals surface area contributed by atoms with E-state index in [9.17, 15) is 0 Å². The lowest BCUT2D eigenvalue weighted by atomic mass is 10.0. The molecule has 0 spiro atoms. The first-order valence-electron chi connectivity index (χ1n) is 19.0. The monoisotopic (exact) mass is 730 g/mol. The van der Waals surface area contributed by atoms with Crippen LogP contribution in [0.4, 0.5) is 0 Å². The van der Waals surface area contributed by atoms with Crippen molar-refractivity contribution in [2.75, 3.05) is 0 Å². The molecule has 0 radical (unpaired) electrons. The van der Waals surface area contributed by atoms with E-state index in [1.807, 2.05) is 66.7 Å². The molecule has 6 nitrogen and oxygen atoms in total. The maximum absolute atomic E-state index is 6.58. The van der Waals surface area contributed by atoms with Crippen LogP contribution in [0.3, 0.4) is 0 Å². The molecule has 0 N–H and O–H groups in total. The first-order valence-corrected chi connectivity index (χ1v) is 19.0. The fourth-order valence-corrected chi connectivity index (χ4v) is 8.37. The molecule has 0 aliphatic heterocycles. The second-order valence-electron chi connectivity index (χ2n) is 14.4. The van der Waals surface area contributed by atoms with Crippen molar-refractivity contribution in [1.82, 2.24) is 19.5 Å². The van der Waals surface area contributed by atoms with Gasteiger partial charge in [-0.2, -0.15) is 0 Å². The third-order valence-electron chi connectivity index (χ3n) is 11.1. The van der Waals surface area contributed by atoms with Crippen LogP contribution in [-0.2, 0) is 0 Å². The van der Waals surface area contributed by atoms with Crippen LogP contribution in [0.25, 0.3) is 117 Å². The third-order valence-corrected chi connectivity index (χ3v) is 11.1. The summed E-state index contributed by atoms with van der Waals surface area (Å²) in [5, 5.41) is 6.56. The predicted molar refractivity (Wildman–Crippen MR) is 230 cm³/mol. The first kappa shape index (κ1) is 31.5. The van der Waals surface area contributed by atoms with Gasteiger partial charge in [-0.3, -0.25) is 0 Å². The first-order chi connectivity index (χ1) is 28.2. The molecule has 0 atom stereocenters. The molecule has 0 saturated heterocycles. The Morgan fingerprint density at radius 3 is 1.77 bits per heavy atom. The average Bonchev–Trinajstić information content (AvgIpc) is 3.95. The van der Waals surface area contributed by atoms with Crippen molar-refractivity contribution in [2.24, 2.45) is 0 Å². The van der Waals surface area contributed by atoms with Crippen molar-refractivity contribution in [3.8, 4) is 51.0 Å². The molecule has 4 aromatic heterocycles. The molecule has 0 saturated carbocycles. The third kappa shape index (κ3) is 5.01. The van der Waals surface area contributed by atoms with Gasteiger partial charge >= 0.3 is 0 Å². The van der Waals surface area contributed by atoms with Crippen molar-refractivity contribution in [1.29, 1.82) is 0 Å². The zero-order valence-electron chi connectivity index (χ0n) is 30.4. The highest BCUT2D eigenvalue weighted by molar-refractivity contribution is 6.12. The van der Waals surface area contributed by atoms with E-state index in [1.54, 1.807) is 0 Å². The van der Waals surface area contributed by atoms with Crippen LogP contribution < -0.4 is 0 Å². The molecular weight excluding hydrogens is 701 g/mol. The largest absolute Gasteiger partial charge is 0.456 e. The molecule has 12 aromatic rings. The molecule has 6 heteroatoms. The Balaban J connectivity index is 1.05. The van der Waals surface area contributed by atoms with Crippen molar-refractivity contribution in [2.45, 2.75) is 0 Å². The van der Waals surface area contributed by atoms with Gasteiger partial charge in [-0.15, -0.1) is 0 Å². The molecule has 0 amide bonds. The second kappa shape index (κ2) is 12.3. The number of benzene rings is 8. The van der Waals surface area contributed by atoms with E-state index >= 15 is 0 Å². The maximum Gasteiger partial charge on any atom is 0.167 e. The molecule has 8 aromatic carbocycles. The van der Waals surface area contributed by atoms with Crippen LogP contribution in [0.2, 0.25) is 0 Å². The van der Waals surface area contributed by atoms with Crippen LogP contribution in [0.15, 0.2) is 191 Å². The van der Waals surface area contributed by atoms with Gasteiger partial charge in [0.2, 0.25) is 0 Å². The topological polar surface area (TPSA) is 69.9 Å². The van der Waals surface area contributed by atoms with Gasteiger partial charge in [-0.25, -0.2) is 15.0 Å². The van der Waals surface area contributed by atoms with Crippen molar-refractivity contribution in [3.05, 3.63) is 182 Å². The lowest BCUT2D eigenvalue weighted by molar-refractivity contribution is 0.668. The number of rotatable bonds is 5. The summed E-state index contributed by atoms with van der Waals surface area (Å²) in [7, 11) is 0. The number of para-hydroxylation sites is 3. The lowest BCUT2D eigenvalue weighted by Crippen LogP contribution is -2.00. The van der Waals surface area contributed by atoms with Gasteiger partial charge in [0.15, 0.2) is 17.5 Å². The molecule has 0 aliphatic carbocycles. The summed E-state index contributed by atoms with van der Waals surface area (Å²) in [6.45, 7) is 0. The van der Waals surface area contributed by atoms with Gasteiger partial charge in [0.05, 0.1) is 16.6 Å². The quantitative estimate of drug-likeness (QED) is 0.176. The molecular formula is C51H30N4O2. The standard InChI is InChI=1S/C51H30N4O2/c1-3-12-31(13-4-1)33-22-26-39-40-27-24-35(30-47(40)56-46(39)29-33)55-43-20-9-7-16-36(43)37-25-23-34(28-44(37)55)50-52-49(32-14-5-2-6-15-32)53-51(54-50)42-19-11-18-41-38-17-8-10-21-45(38)57-48(41)42/h1-30H. The summed E-state index contributed by atoms with van der Waals surface area (Å²) in [6.07, 6.45) is 0. The normalized spacial score (nSPS) is 11.9. The number of aromatic nitrogens is 4. The minimum atomic E-state index is 0.551. The highest BCUT2D eigenvalue weighted by Gasteiger charge is 2.20. The van der Waals surface area contributed by atoms with Gasteiger partial charge in [0, 0.05) is 55.2 Å². The van der Waals surface area contributed by atoms with Gasteiger partial charge < -0.3 is 13.4 Å². The van der Waals surface area contributed by atoms with Gasteiger partial charge in [-0.05, 0) is 59.7 Å². The van der Waals surface area contributed by atoms with Crippen LogP contribution in [0, 0.1) is 0 Å². The van der Waals surface area contributed by atoms with Gasteiger partial charge in [0.25, 0.3) is 0 Å². The minimum absolute atomic E-state index is 0.551. The summed E-state index contributed by atoms with van der Waals surface area (Å²) >= 11 is 0. The lowest BCUT2D eigenvalue weighted by Gasteiger charge is -2.10. The molecule has 266 valence electrons. The molecule has 0 aliphatic rings. The fourth-order valence-electron chi connectivity index (χ4n) is 8.37. The molecule has 0 fully saturated rings. The summed E-state index contributed by atoms with van der Waals surface area (Å²) < 4.78 is 15.3. The van der Waals surface area contributed by atoms with E-state index < -0.39 is 0 Å². The number of furan rings is 2. The Morgan fingerprint density at radius 2 is 0.930 bits per heavy atom. The van der Waals surface area contributed by atoms with Crippen molar-refractivity contribution < 1.29 is 8.83 Å². The van der Waals surface area contributed by atoms with Crippen molar-refractivity contribution in [3.63, 3.8) is 0 Å². The van der Waals surface area contributed by atoms with Crippen molar-refractivity contribution >= 4 is 65.7 Å². The molecule has 0 unspecified atom stereocenters. The molecule has 4 heterocycles. The summed E-state index contributed by atoms with van der Waals surface area (Å²) in [5.74, 6) is 1.72. The second-order valence-corrected chi connectivity index (χ2v) is 14.4. The van der Waals surface area contributed by atoms with E-state index in [4.69, 9.17) is 23.8 Å². The Hall–Kier alpha value is -7.83. The Bertz CT molecular complexity index is 3530. The average molecular weight is 731 g/mol. The van der Waals surface area contributed by atoms with Crippen LogP contribution >= 0.6 is 0 Å². The predicted octanol–water partition coefficient (Wildman–Crippen LogP) is 13.4. The minimum Gasteiger partial charge on any atom is -0.456 e. The summed E-state index contributed by atoms with van der Waals surface area (Å²) in [5.41, 5.74) is 11.3. The SMILES string of the molecule is c1ccc(-c2ccc3c(c2)oc2cc(-n4c5ccccc5c5ccc(-c6nc(-c7ccccc7)nc(-c7cccc8c7oc7ccccc78)n6)cc54)ccc23)cc1. The smallest absolute Gasteiger partial charge is 0.167 e. The van der Waals surface area contributed by atoms with E-state index in [0.717, 1.165) is 99.2 Å². The number of nitrogens with zero attached hydrogens (tertiary/aromatic N) is 4. The number of fused-ring (bicyclic) bond motifs is 9. The number of hydrogen-bond donors (Lipinski definition) is 0. The van der Waals surface area contributed by atoms with E-state index in [2.05, 4.69) is 120 Å². The van der Waals surface area contributed by atoms with Crippen LogP contribution in [-0.4, -0.2) is 19.5 Å². The molecule has 0 bridgehead atoms. The Labute approximate surface area is 325 Å². The molecule has 12 rings (SSSR count). The zero-order valence-corrected chi connectivity index (χ0v) is 30.4. The Morgan fingerprint density at radius 1 is 0.333 bits per heavy atom. The highest BCUT2D eigenvalue weighted by atomic mass is 16.3. The van der Waals surface area contributed by atoms with E-state index in [1.165, 1.54) is 0 Å².